The van der Waals surface area contributed by atoms with Crippen LogP contribution in [0.5, 0.6) is 5.75 Å². The molecule has 0 aromatic heterocycles. The Kier molecular flexibility index (Phi) is 11.5. The lowest BCUT2D eigenvalue weighted by Gasteiger charge is -2.24. The van der Waals surface area contributed by atoms with Crippen LogP contribution in [0.25, 0.3) is 0 Å². The minimum Gasteiger partial charge on any atom is -0.489 e. The summed E-state index contributed by atoms with van der Waals surface area (Å²) < 4.78 is 41.8. The Morgan fingerprint density at radius 3 is 2.37 bits per heavy atom. The fourth-order valence-corrected chi connectivity index (χ4v) is 3.17. The third-order valence-electron chi connectivity index (χ3n) is 5.15. The molecule has 0 heterocycles. The van der Waals surface area contributed by atoms with Crippen LogP contribution < -0.4 is 10.1 Å². The maximum atomic E-state index is 13.5. The third kappa shape index (κ3) is 7.30. The zero-order chi connectivity index (χ0) is 22.6. The van der Waals surface area contributed by atoms with E-state index in [4.69, 9.17) is 19.6 Å². The summed E-state index contributed by atoms with van der Waals surface area (Å²) in [5.41, 5.74) is -0.462. The number of hydrogen-bond donors (Lipinski definition) is 2. The van der Waals surface area contributed by atoms with Crippen LogP contribution in [0.3, 0.4) is 0 Å². The largest absolute Gasteiger partial charge is 0.489 e. The molecule has 9 heteroatoms. The zero-order valence-corrected chi connectivity index (χ0v) is 18.2. The van der Waals surface area contributed by atoms with Gasteiger partial charge in [-0.3, -0.25) is 4.79 Å². The molecule has 0 atom stereocenters. The molecule has 0 aliphatic heterocycles. The van der Waals surface area contributed by atoms with Crippen LogP contribution in [0.4, 0.5) is 8.78 Å². The molecule has 0 unspecified atom stereocenters. The van der Waals surface area contributed by atoms with Crippen molar-refractivity contribution in [2.45, 2.75) is 31.2 Å². The van der Waals surface area contributed by atoms with Crippen LogP contribution in [-0.4, -0.2) is 77.2 Å². The average Bonchev–Trinajstić information content (AvgIpc) is 3.25. The molecule has 0 amide bonds. The Morgan fingerprint density at radius 1 is 1.20 bits per heavy atom. The van der Waals surface area contributed by atoms with E-state index in [0.29, 0.717) is 13.2 Å². The molecule has 0 radical (unpaired) electrons. The fourth-order valence-electron chi connectivity index (χ4n) is 3.17. The average molecular weight is 430 g/mol. The molecule has 0 spiro atoms. The SMILES string of the molecule is CNC1(C(=O)OC)CCCC1.COCCN(C)CCOc1ccc(C=N)c(F)c1F. The zero-order valence-electron chi connectivity index (χ0n) is 18.2. The Hall–Kier alpha value is -2.10. The lowest BCUT2D eigenvalue weighted by molar-refractivity contribution is -0.148. The summed E-state index contributed by atoms with van der Waals surface area (Å²) >= 11 is 0. The fraction of sp³-hybridized carbons (Fsp3) is 0.619. The van der Waals surface area contributed by atoms with Crippen molar-refractivity contribution in [1.82, 2.24) is 10.2 Å². The molecule has 0 bridgehead atoms. The Bertz CT molecular complexity index is 682. The van der Waals surface area contributed by atoms with E-state index in [1.165, 1.54) is 19.2 Å². The van der Waals surface area contributed by atoms with Gasteiger partial charge in [0.1, 0.15) is 12.1 Å². The summed E-state index contributed by atoms with van der Waals surface area (Å²) in [6, 6.07) is 2.64. The van der Waals surface area contributed by atoms with E-state index in [0.717, 1.165) is 38.4 Å². The number of likely N-dealkylation sites (N-methyl/N-ethyl adjacent to an activating group) is 2. The van der Waals surface area contributed by atoms with Crippen molar-refractivity contribution in [3.05, 3.63) is 29.3 Å². The number of nitrogens with zero attached hydrogens (tertiary/aromatic N) is 1. The number of carbonyl (C=O) groups is 1. The van der Waals surface area contributed by atoms with Gasteiger partial charge in [-0.2, -0.15) is 4.39 Å². The number of halogens is 2. The highest BCUT2D eigenvalue weighted by molar-refractivity contribution is 5.81. The quantitative estimate of drug-likeness (QED) is 0.439. The highest BCUT2D eigenvalue weighted by atomic mass is 19.2. The van der Waals surface area contributed by atoms with Crippen molar-refractivity contribution in [2.75, 3.05) is 54.6 Å². The molecule has 30 heavy (non-hydrogen) atoms. The summed E-state index contributed by atoms with van der Waals surface area (Å²) in [6.45, 7) is 2.17. The van der Waals surface area contributed by atoms with Crippen molar-refractivity contribution in [2.24, 2.45) is 0 Å². The summed E-state index contributed by atoms with van der Waals surface area (Å²) in [7, 11) is 6.77. The molecule has 7 nitrogen and oxygen atoms in total. The van der Waals surface area contributed by atoms with Gasteiger partial charge >= 0.3 is 5.97 Å². The number of ether oxygens (including phenoxy) is 3. The Morgan fingerprint density at radius 2 is 1.83 bits per heavy atom. The molecule has 2 N–H and O–H groups in total. The van der Waals surface area contributed by atoms with E-state index in [9.17, 15) is 13.6 Å². The standard InChI is InChI=1S/C13H18F2N2O2.C8H15NO2/c1-17(5-7-18-2)6-8-19-11-4-3-10(9-16)12(14)13(11)15;1-9-8(7(10)11-2)5-3-4-6-8/h3-4,9,16H,5-8H2,1-2H3;9H,3-6H2,1-2H3. The number of methoxy groups -OCH3 is 2. The van der Waals surface area contributed by atoms with E-state index in [1.807, 2.05) is 19.0 Å². The van der Waals surface area contributed by atoms with E-state index >= 15 is 0 Å². The maximum absolute atomic E-state index is 13.5. The van der Waals surface area contributed by atoms with Gasteiger partial charge in [0.15, 0.2) is 11.6 Å². The molecule has 1 fully saturated rings. The molecule has 2 rings (SSSR count). The monoisotopic (exact) mass is 429 g/mol. The van der Waals surface area contributed by atoms with Crippen LogP contribution in [0, 0.1) is 17.0 Å². The third-order valence-corrected chi connectivity index (χ3v) is 5.15. The van der Waals surface area contributed by atoms with Crippen LogP contribution >= 0.6 is 0 Å². The van der Waals surface area contributed by atoms with Gasteiger partial charge < -0.3 is 29.8 Å². The first-order valence-electron chi connectivity index (χ1n) is 9.91. The molecular weight excluding hydrogens is 396 g/mol. The first-order valence-corrected chi connectivity index (χ1v) is 9.91. The summed E-state index contributed by atoms with van der Waals surface area (Å²) in [4.78, 5) is 13.2. The topological polar surface area (TPSA) is 83.9 Å². The molecule has 1 aliphatic carbocycles. The first kappa shape index (κ1) is 25.9. The number of hydrogen-bond acceptors (Lipinski definition) is 7. The van der Waals surface area contributed by atoms with Crippen LogP contribution in [0.15, 0.2) is 12.1 Å². The number of carbonyl (C=O) groups excluding carboxylic acids is 1. The highest BCUT2D eigenvalue weighted by Gasteiger charge is 2.40. The highest BCUT2D eigenvalue weighted by Crippen LogP contribution is 2.30. The number of benzene rings is 1. The van der Waals surface area contributed by atoms with E-state index in [1.54, 1.807) is 7.11 Å². The molecule has 1 aromatic rings. The lowest BCUT2D eigenvalue weighted by atomic mass is 9.98. The summed E-state index contributed by atoms with van der Waals surface area (Å²) in [6.07, 6.45) is 4.83. The van der Waals surface area contributed by atoms with Gasteiger partial charge in [0.2, 0.25) is 5.82 Å². The van der Waals surface area contributed by atoms with Crippen molar-refractivity contribution >= 4 is 12.2 Å². The number of rotatable bonds is 10. The minimum atomic E-state index is -1.06. The predicted octanol–water partition coefficient (Wildman–Crippen LogP) is 2.61. The van der Waals surface area contributed by atoms with Crippen molar-refractivity contribution < 1.29 is 27.8 Å². The second-order valence-corrected chi connectivity index (χ2v) is 7.10. The Labute approximate surface area is 177 Å². The van der Waals surface area contributed by atoms with Crippen LogP contribution in [-0.2, 0) is 14.3 Å². The van der Waals surface area contributed by atoms with Crippen LogP contribution in [0.1, 0.15) is 31.2 Å². The van der Waals surface area contributed by atoms with Gasteiger partial charge in [-0.25, -0.2) is 4.39 Å². The Balaban J connectivity index is 0.000000346. The molecule has 0 saturated heterocycles. The number of nitrogens with one attached hydrogen (secondary N) is 2. The van der Waals surface area contributed by atoms with Crippen molar-refractivity contribution in [1.29, 1.82) is 5.41 Å². The normalized spacial score (nSPS) is 14.8. The summed E-state index contributed by atoms with van der Waals surface area (Å²) in [5, 5.41) is 9.97. The minimum absolute atomic E-state index is 0.0953. The van der Waals surface area contributed by atoms with Gasteiger partial charge in [-0.05, 0) is 39.1 Å². The lowest BCUT2D eigenvalue weighted by Crippen LogP contribution is -2.48. The number of esters is 1. The second kappa shape index (κ2) is 13.3. The molecular formula is C21H33F2N3O4. The second-order valence-electron chi connectivity index (χ2n) is 7.10. The van der Waals surface area contributed by atoms with Gasteiger partial charge in [0.25, 0.3) is 0 Å². The molecule has 1 aliphatic rings. The molecule has 1 aromatic carbocycles. The van der Waals surface area contributed by atoms with Gasteiger partial charge in [0, 0.05) is 32.0 Å². The predicted molar refractivity (Wildman–Crippen MR) is 111 cm³/mol. The molecule has 170 valence electrons. The summed E-state index contributed by atoms with van der Waals surface area (Å²) in [5.74, 6) is -2.36. The van der Waals surface area contributed by atoms with E-state index in [2.05, 4.69) is 5.32 Å². The van der Waals surface area contributed by atoms with Gasteiger partial charge in [-0.15, -0.1) is 0 Å². The van der Waals surface area contributed by atoms with Crippen molar-refractivity contribution in [3.63, 3.8) is 0 Å². The molecule has 1 saturated carbocycles. The van der Waals surface area contributed by atoms with Crippen molar-refractivity contribution in [3.8, 4) is 5.75 Å². The first-order chi connectivity index (χ1) is 14.3. The van der Waals surface area contributed by atoms with E-state index < -0.39 is 11.6 Å². The smallest absolute Gasteiger partial charge is 0.326 e. The van der Waals surface area contributed by atoms with Gasteiger partial charge in [0.05, 0.1) is 13.7 Å². The van der Waals surface area contributed by atoms with Crippen LogP contribution in [0.2, 0.25) is 0 Å². The maximum Gasteiger partial charge on any atom is 0.326 e. The van der Waals surface area contributed by atoms with E-state index in [-0.39, 0.29) is 29.4 Å². The van der Waals surface area contributed by atoms with Gasteiger partial charge in [-0.1, -0.05) is 12.8 Å².